The number of nitrogens with zero attached hydrogens (tertiary/aromatic N) is 6. The van der Waals surface area contributed by atoms with Crippen LogP contribution in [0.1, 0.15) is 30.7 Å². The highest BCUT2D eigenvalue weighted by atomic mass is 16.2. The highest BCUT2D eigenvalue weighted by molar-refractivity contribution is 5.78. The summed E-state index contributed by atoms with van der Waals surface area (Å²) in [6.07, 6.45) is 2.55. The molecule has 0 N–H and O–H groups in total. The van der Waals surface area contributed by atoms with Gasteiger partial charge >= 0.3 is 0 Å². The summed E-state index contributed by atoms with van der Waals surface area (Å²) in [5.74, 6) is 0.921. The molecule has 1 aliphatic heterocycles. The number of fused-ring (bicyclic) bond motifs is 1. The number of carbonyl (C=O) groups excluding carboxylic acids is 1. The van der Waals surface area contributed by atoms with Crippen LogP contribution in [0.5, 0.6) is 0 Å². The Balaban J connectivity index is 1.69. The monoisotopic (exact) mass is 364 g/mol. The summed E-state index contributed by atoms with van der Waals surface area (Å²) < 4.78 is 3.94. The standard InChI is InChI=1S/C20H24N6O/c1-14(2)20(27)25-10-9-17-16(12-25)18(23-24(17)3)19-22-21-13-26(19)11-15-7-5-4-6-8-15/h4-8,13-14H,9-12H2,1-3H3. The van der Waals surface area contributed by atoms with Gasteiger partial charge in [0.1, 0.15) is 12.0 Å². The van der Waals surface area contributed by atoms with Gasteiger partial charge in [0.2, 0.25) is 5.91 Å². The van der Waals surface area contributed by atoms with Crippen molar-refractivity contribution in [1.29, 1.82) is 0 Å². The predicted octanol–water partition coefficient (Wildman–Crippen LogP) is 2.27. The SMILES string of the molecule is CC(C)C(=O)N1CCc2c(c(-c3nncn3Cc3ccccc3)nn2C)C1. The van der Waals surface area contributed by atoms with Crippen molar-refractivity contribution in [2.24, 2.45) is 13.0 Å². The molecule has 0 atom stereocenters. The number of rotatable bonds is 4. The first-order chi connectivity index (χ1) is 13.0. The van der Waals surface area contributed by atoms with Crippen molar-refractivity contribution in [3.8, 4) is 11.5 Å². The van der Waals surface area contributed by atoms with Crippen LogP contribution in [0.4, 0.5) is 0 Å². The van der Waals surface area contributed by atoms with Gasteiger partial charge in [-0.15, -0.1) is 10.2 Å². The number of aromatic nitrogens is 5. The van der Waals surface area contributed by atoms with E-state index >= 15 is 0 Å². The first kappa shape index (κ1) is 17.5. The smallest absolute Gasteiger partial charge is 0.225 e. The van der Waals surface area contributed by atoms with Gasteiger partial charge in [-0.25, -0.2) is 0 Å². The van der Waals surface area contributed by atoms with Crippen LogP contribution in [-0.2, 0) is 31.4 Å². The van der Waals surface area contributed by atoms with Crippen LogP contribution in [0.15, 0.2) is 36.7 Å². The molecule has 1 aliphatic rings. The van der Waals surface area contributed by atoms with Crippen LogP contribution in [0.3, 0.4) is 0 Å². The van der Waals surface area contributed by atoms with Crippen molar-refractivity contribution in [2.45, 2.75) is 33.4 Å². The van der Waals surface area contributed by atoms with Gasteiger partial charge in [0.15, 0.2) is 5.82 Å². The Labute approximate surface area is 158 Å². The van der Waals surface area contributed by atoms with Crippen LogP contribution in [0, 0.1) is 5.92 Å². The minimum absolute atomic E-state index is 0.00611. The quantitative estimate of drug-likeness (QED) is 0.712. The Morgan fingerprint density at radius 3 is 2.74 bits per heavy atom. The molecule has 0 fully saturated rings. The first-order valence-electron chi connectivity index (χ1n) is 9.30. The third-order valence-electron chi connectivity index (χ3n) is 5.07. The maximum atomic E-state index is 12.5. The van der Waals surface area contributed by atoms with E-state index in [1.165, 1.54) is 11.3 Å². The van der Waals surface area contributed by atoms with Crippen LogP contribution >= 0.6 is 0 Å². The van der Waals surface area contributed by atoms with Gasteiger partial charge in [0, 0.05) is 43.7 Å². The van der Waals surface area contributed by atoms with Crippen molar-refractivity contribution in [1.82, 2.24) is 29.4 Å². The maximum Gasteiger partial charge on any atom is 0.225 e. The zero-order valence-corrected chi connectivity index (χ0v) is 16.0. The molecule has 1 amide bonds. The van der Waals surface area contributed by atoms with Crippen molar-refractivity contribution in [2.75, 3.05) is 6.54 Å². The summed E-state index contributed by atoms with van der Waals surface area (Å²) in [5.41, 5.74) is 4.26. The Morgan fingerprint density at radius 2 is 2.00 bits per heavy atom. The normalized spacial score (nSPS) is 13.9. The van der Waals surface area contributed by atoms with Crippen molar-refractivity contribution >= 4 is 5.91 Å². The Hall–Kier alpha value is -2.96. The number of aryl methyl sites for hydroxylation is 1. The topological polar surface area (TPSA) is 68.8 Å². The molecule has 3 heterocycles. The fourth-order valence-corrected chi connectivity index (χ4v) is 3.66. The lowest BCUT2D eigenvalue weighted by Crippen LogP contribution is -2.38. The van der Waals surface area contributed by atoms with E-state index in [4.69, 9.17) is 5.10 Å². The van der Waals surface area contributed by atoms with Gasteiger partial charge in [-0.1, -0.05) is 44.2 Å². The molecule has 4 rings (SSSR count). The zero-order valence-electron chi connectivity index (χ0n) is 16.0. The van der Waals surface area contributed by atoms with Crippen molar-refractivity contribution < 1.29 is 4.79 Å². The number of hydrogen-bond acceptors (Lipinski definition) is 4. The molecule has 7 nitrogen and oxygen atoms in total. The van der Waals surface area contributed by atoms with Gasteiger partial charge in [-0.2, -0.15) is 5.10 Å². The first-order valence-corrected chi connectivity index (χ1v) is 9.30. The van der Waals surface area contributed by atoms with E-state index in [9.17, 15) is 4.79 Å². The van der Waals surface area contributed by atoms with Crippen LogP contribution < -0.4 is 0 Å². The van der Waals surface area contributed by atoms with Gasteiger partial charge in [-0.05, 0) is 5.56 Å². The number of benzene rings is 1. The molecule has 0 aliphatic carbocycles. The minimum Gasteiger partial charge on any atom is -0.338 e. The Kier molecular flexibility index (Phi) is 4.51. The molecule has 0 bridgehead atoms. The van der Waals surface area contributed by atoms with E-state index in [-0.39, 0.29) is 11.8 Å². The van der Waals surface area contributed by atoms with E-state index < -0.39 is 0 Å². The second-order valence-electron chi connectivity index (χ2n) is 7.33. The Bertz CT molecular complexity index is 956. The van der Waals surface area contributed by atoms with Crippen molar-refractivity contribution in [3.05, 3.63) is 53.5 Å². The number of carbonyl (C=O) groups is 1. The third kappa shape index (κ3) is 3.25. The van der Waals surface area contributed by atoms with E-state index in [1.807, 2.05) is 53.2 Å². The number of hydrogen-bond donors (Lipinski definition) is 0. The van der Waals surface area contributed by atoms with Crippen LogP contribution in [0.2, 0.25) is 0 Å². The van der Waals surface area contributed by atoms with E-state index in [1.54, 1.807) is 6.33 Å². The fourth-order valence-electron chi connectivity index (χ4n) is 3.66. The molecule has 7 heteroatoms. The molecule has 1 aromatic carbocycles. The molecule has 0 radical (unpaired) electrons. The largest absolute Gasteiger partial charge is 0.338 e. The summed E-state index contributed by atoms with van der Waals surface area (Å²) >= 11 is 0. The molecule has 2 aromatic heterocycles. The van der Waals surface area contributed by atoms with E-state index in [0.717, 1.165) is 30.0 Å². The van der Waals surface area contributed by atoms with E-state index in [0.29, 0.717) is 13.1 Å². The molecular weight excluding hydrogens is 340 g/mol. The molecule has 140 valence electrons. The molecule has 0 spiro atoms. The van der Waals surface area contributed by atoms with Gasteiger partial charge in [-0.3, -0.25) is 9.48 Å². The molecule has 0 saturated heterocycles. The minimum atomic E-state index is -0.00611. The number of amides is 1. The van der Waals surface area contributed by atoms with Gasteiger partial charge in [0.25, 0.3) is 0 Å². The second-order valence-corrected chi connectivity index (χ2v) is 7.33. The third-order valence-corrected chi connectivity index (χ3v) is 5.07. The fraction of sp³-hybridized carbons (Fsp3) is 0.400. The molecule has 3 aromatic rings. The average Bonchev–Trinajstić information content (AvgIpc) is 3.25. The van der Waals surface area contributed by atoms with Crippen molar-refractivity contribution in [3.63, 3.8) is 0 Å². The van der Waals surface area contributed by atoms with Crippen LogP contribution in [-0.4, -0.2) is 41.9 Å². The summed E-state index contributed by atoms with van der Waals surface area (Å²) in [5, 5.41) is 13.2. The highest BCUT2D eigenvalue weighted by Gasteiger charge is 2.29. The van der Waals surface area contributed by atoms with E-state index in [2.05, 4.69) is 22.3 Å². The molecule has 27 heavy (non-hydrogen) atoms. The lowest BCUT2D eigenvalue weighted by Gasteiger charge is -2.29. The highest BCUT2D eigenvalue weighted by Crippen LogP contribution is 2.29. The summed E-state index contributed by atoms with van der Waals surface area (Å²) in [7, 11) is 1.96. The molecular formula is C20H24N6O. The maximum absolute atomic E-state index is 12.5. The average molecular weight is 364 g/mol. The van der Waals surface area contributed by atoms with Gasteiger partial charge in [0.05, 0.1) is 6.54 Å². The molecule has 0 unspecified atom stereocenters. The van der Waals surface area contributed by atoms with Crippen LogP contribution in [0.25, 0.3) is 11.5 Å². The Morgan fingerprint density at radius 1 is 1.22 bits per heavy atom. The second kappa shape index (κ2) is 6.98. The van der Waals surface area contributed by atoms with Gasteiger partial charge < -0.3 is 9.47 Å². The lowest BCUT2D eigenvalue weighted by atomic mass is 10.0. The predicted molar refractivity (Wildman–Crippen MR) is 102 cm³/mol. The lowest BCUT2D eigenvalue weighted by molar-refractivity contribution is -0.135. The summed E-state index contributed by atoms with van der Waals surface area (Å²) in [6, 6.07) is 10.2. The zero-order chi connectivity index (χ0) is 19.0. The summed E-state index contributed by atoms with van der Waals surface area (Å²) in [4.78, 5) is 14.4. The summed E-state index contributed by atoms with van der Waals surface area (Å²) in [6.45, 7) is 5.88. The molecule has 0 saturated carbocycles.